The zero-order valence-corrected chi connectivity index (χ0v) is 15.3. The fraction of sp³-hybridized carbons (Fsp3) is 0.769. The summed E-state index contributed by atoms with van der Waals surface area (Å²) < 4.78 is 25.8. The van der Waals surface area contributed by atoms with Crippen molar-refractivity contribution in [2.24, 2.45) is 0 Å². The Labute approximate surface area is 137 Å². The third-order valence-corrected chi connectivity index (χ3v) is 3.55. The topological polar surface area (TPSA) is 90.9 Å². The minimum Gasteiger partial charge on any atom is -0.433 e. The van der Waals surface area contributed by atoms with Gasteiger partial charge in [-0.1, -0.05) is 13.5 Å². The molecule has 0 heterocycles. The molecule has 0 aromatic heterocycles. The lowest BCUT2D eigenvalue weighted by atomic mass is 10.3. The molecule has 136 valence electrons. The Morgan fingerprint density at radius 3 is 1.70 bits per heavy atom. The molecular weight excluding hydrogens is 328 g/mol. The highest BCUT2D eigenvalue weighted by Crippen LogP contribution is 2.19. The van der Waals surface area contributed by atoms with Gasteiger partial charge in [0.05, 0.1) is 19.8 Å². The van der Waals surface area contributed by atoms with Crippen molar-refractivity contribution in [2.75, 3.05) is 19.8 Å². The molecule has 0 aromatic rings. The lowest BCUT2D eigenvalue weighted by molar-refractivity contribution is -0.393. The zero-order chi connectivity index (χ0) is 17.7. The van der Waals surface area contributed by atoms with Gasteiger partial charge in [0.25, 0.3) is 0 Å². The van der Waals surface area contributed by atoms with E-state index in [1.807, 2.05) is 0 Å². The monoisotopic (exact) mass is 354 g/mol. The molecule has 1 unspecified atom stereocenters. The maximum atomic E-state index is 11.6. The summed E-state index contributed by atoms with van der Waals surface area (Å²) in [5.41, 5.74) is 0.224. The highest BCUT2D eigenvalue weighted by Gasteiger charge is 2.54. The molecule has 0 spiro atoms. The number of ether oxygens (including phenoxy) is 1. The van der Waals surface area contributed by atoms with E-state index < -0.39 is 21.3 Å². The van der Waals surface area contributed by atoms with Crippen LogP contribution in [0.3, 0.4) is 0 Å². The van der Waals surface area contributed by atoms with Crippen molar-refractivity contribution in [3.63, 3.8) is 0 Å². The molecule has 0 N–H and O–H groups in total. The van der Waals surface area contributed by atoms with Gasteiger partial charge in [-0.25, -0.2) is 19.5 Å². The summed E-state index contributed by atoms with van der Waals surface area (Å²) in [6.45, 7) is 12.4. The summed E-state index contributed by atoms with van der Waals surface area (Å²) in [7, 11) is -4.02. The molecule has 10 heteroatoms. The SMILES string of the molecule is C=C(C)C(=O)OC(CC)O[Si](OOCC)(OOCC)OOCC. The van der Waals surface area contributed by atoms with E-state index in [4.69, 9.17) is 37.6 Å². The zero-order valence-electron chi connectivity index (χ0n) is 14.3. The van der Waals surface area contributed by atoms with Crippen LogP contribution in [-0.2, 0) is 42.4 Å². The standard InChI is InChI=1S/C13H26O9Si/c1-7-12(18-13(14)11(5)6)19-23(20-15-8-2,21-16-9-3)22-17-10-4/h12H,5,7-10H2,1-4,6H3. The van der Waals surface area contributed by atoms with Crippen LogP contribution in [0.1, 0.15) is 41.0 Å². The van der Waals surface area contributed by atoms with Gasteiger partial charge in [-0.05, 0) is 27.7 Å². The summed E-state index contributed by atoms with van der Waals surface area (Å²) in [6, 6.07) is 0. The Morgan fingerprint density at radius 1 is 0.957 bits per heavy atom. The van der Waals surface area contributed by atoms with Gasteiger partial charge in [-0.3, -0.25) is 0 Å². The summed E-state index contributed by atoms with van der Waals surface area (Å²) in [5, 5.41) is 0. The van der Waals surface area contributed by atoms with Gasteiger partial charge in [0, 0.05) is 12.0 Å². The molecule has 1 atom stereocenters. The van der Waals surface area contributed by atoms with Gasteiger partial charge in [0.1, 0.15) is 0 Å². The summed E-state index contributed by atoms with van der Waals surface area (Å²) in [6.07, 6.45) is -0.721. The molecule has 0 saturated carbocycles. The molecule has 0 aliphatic heterocycles. The van der Waals surface area contributed by atoms with Crippen LogP contribution in [0.5, 0.6) is 0 Å². The minimum atomic E-state index is -4.02. The molecule has 0 amide bonds. The van der Waals surface area contributed by atoms with Crippen molar-refractivity contribution < 1.29 is 42.4 Å². The van der Waals surface area contributed by atoms with Crippen LogP contribution in [0.15, 0.2) is 12.2 Å². The third-order valence-electron chi connectivity index (χ3n) is 2.03. The first-order chi connectivity index (χ1) is 10.9. The highest BCUT2D eigenvalue weighted by molar-refractivity contribution is 6.52. The Kier molecular flexibility index (Phi) is 12.1. The largest absolute Gasteiger partial charge is 0.767 e. The fourth-order valence-electron chi connectivity index (χ4n) is 1.07. The lowest BCUT2D eigenvalue weighted by Gasteiger charge is -2.27. The van der Waals surface area contributed by atoms with Gasteiger partial charge in [0.15, 0.2) is 6.29 Å². The molecule has 0 fully saturated rings. The number of carbonyl (C=O) groups is 1. The molecule has 0 aliphatic rings. The smallest absolute Gasteiger partial charge is 0.433 e. The second-order valence-electron chi connectivity index (χ2n) is 4.11. The van der Waals surface area contributed by atoms with Crippen LogP contribution in [-0.4, -0.2) is 41.1 Å². The third kappa shape index (κ3) is 9.13. The average Bonchev–Trinajstić information content (AvgIpc) is 2.55. The molecule has 0 radical (unpaired) electrons. The van der Waals surface area contributed by atoms with Crippen molar-refractivity contribution in [1.29, 1.82) is 0 Å². The maximum Gasteiger partial charge on any atom is 0.767 e. The molecule has 0 bridgehead atoms. The first kappa shape index (κ1) is 22.1. The van der Waals surface area contributed by atoms with E-state index in [9.17, 15) is 4.79 Å². The predicted molar refractivity (Wildman–Crippen MR) is 80.0 cm³/mol. The first-order valence-corrected chi connectivity index (χ1v) is 9.04. The van der Waals surface area contributed by atoms with Gasteiger partial charge >= 0.3 is 15.0 Å². The second kappa shape index (κ2) is 12.6. The van der Waals surface area contributed by atoms with E-state index in [0.29, 0.717) is 6.42 Å². The average molecular weight is 354 g/mol. The van der Waals surface area contributed by atoms with Crippen molar-refractivity contribution in [2.45, 2.75) is 47.3 Å². The molecule has 0 aromatic carbocycles. The number of carbonyl (C=O) groups excluding carboxylic acids is 1. The van der Waals surface area contributed by atoms with E-state index in [1.54, 1.807) is 27.7 Å². The fourth-order valence-corrected chi connectivity index (χ4v) is 2.59. The van der Waals surface area contributed by atoms with E-state index in [1.165, 1.54) is 6.92 Å². The summed E-state index contributed by atoms with van der Waals surface area (Å²) in [4.78, 5) is 26.2. The Bertz CT molecular complexity index is 329. The second-order valence-corrected chi connectivity index (χ2v) is 5.85. The summed E-state index contributed by atoms with van der Waals surface area (Å²) in [5.74, 6) is -0.621. The molecule has 0 aliphatic carbocycles. The van der Waals surface area contributed by atoms with Crippen molar-refractivity contribution in [3.8, 4) is 0 Å². The number of rotatable bonds is 14. The van der Waals surface area contributed by atoms with Gasteiger partial charge < -0.3 is 9.16 Å². The van der Waals surface area contributed by atoms with Crippen LogP contribution in [0.25, 0.3) is 0 Å². The van der Waals surface area contributed by atoms with Crippen LogP contribution in [0.2, 0.25) is 0 Å². The number of hydrogen-bond donors (Lipinski definition) is 0. The van der Waals surface area contributed by atoms with Crippen molar-refractivity contribution >= 4 is 15.0 Å². The van der Waals surface area contributed by atoms with Gasteiger partial charge in [-0.2, -0.15) is 13.7 Å². The highest BCUT2D eigenvalue weighted by atomic mass is 28.4. The normalized spacial score (nSPS) is 12.9. The number of hydrogen-bond acceptors (Lipinski definition) is 9. The predicted octanol–water partition coefficient (Wildman–Crippen LogP) is 2.20. The van der Waals surface area contributed by atoms with Gasteiger partial charge in [0.2, 0.25) is 0 Å². The van der Waals surface area contributed by atoms with Crippen molar-refractivity contribution in [3.05, 3.63) is 12.2 Å². The molecule has 0 saturated heterocycles. The molecular formula is C13H26O9Si. The molecule has 9 nitrogen and oxygen atoms in total. The Balaban J connectivity index is 5.08. The first-order valence-electron chi connectivity index (χ1n) is 7.40. The van der Waals surface area contributed by atoms with Crippen LogP contribution in [0.4, 0.5) is 0 Å². The van der Waals surface area contributed by atoms with E-state index in [-0.39, 0.29) is 25.4 Å². The van der Waals surface area contributed by atoms with Crippen LogP contribution in [0, 0.1) is 0 Å². The minimum absolute atomic E-state index is 0.200. The quantitative estimate of drug-likeness (QED) is 0.116. The molecule has 0 rings (SSSR count). The van der Waals surface area contributed by atoms with E-state index in [0.717, 1.165) is 0 Å². The van der Waals surface area contributed by atoms with Crippen molar-refractivity contribution in [1.82, 2.24) is 0 Å². The lowest BCUT2D eigenvalue weighted by Crippen LogP contribution is -2.52. The van der Waals surface area contributed by atoms with Gasteiger partial charge in [-0.15, -0.1) is 0 Å². The maximum absolute atomic E-state index is 11.6. The van der Waals surface area contributed by atoms with Crippen LogP contribution < -0.4 is 0 Å². The molecule has 23 heavy (non-hydrogen) atoms. The van der Waals surface area contributed by atoms with E-state index >= 15 is 0 Å². The van der Waals surface area contributed by atoms with Crippen LogP contribution >= 0.6 is 0 Å². The van der Waals surface area contributed by atoms with E-state index in [2.05, 4.69) is 6.58 Å². The summed E-state index contributed by atoms with van der Waals surface area (Å²) >= 11 is 0. The Morgan fingerprint density at radius 2 is 1.39 bits per heavy atom. The number of esters is 1. The Hall–Kier alpha value is -0.853.